The maximum absolute atomic E-state index is 12.7. The molecule has 0 aromatic heterocycles. The SMILES string of the molecule is FCC(F)(F)C(F)(F)C(F)(F)C(F)(F)C(F)(F)CN(F)F. The molecule has 14 heteroatoms. The van der Waals surface area contributed by atoms with Gasteiger partial charge in [0.2, 0.25) is 0 Å². The second-order valence-corrected chi connectivity index (χ2v) is 3.73. The Morgan fingerprint density at radius 1 is 0.571 bits per heavy atom. The van der Waals surface area contributed by atoms with Crippen molar-refractivity contribution < 1.29 is 57.3 Å². The molecule has 0 saturated carbocycles. The van der Waals surface area contributed by atoms with E-state index in [0.29, 0.717) is 0 Å². The van der Waals surface area contributed by atoms with E-state index in [1.807, 2.05) is 0 Å². The van der Waals surface area contributed by atoms with Gasteiger partial charge in [0.05, 0.1) is 0 Å². The molecule has 0 N–H and O–H groups in total. The van der Waals surface area contributed by atoms with E-state index in [4.69, 9.17) is 0 Å². The number of nitrogens with zero attached hydrogens (tertiary/aromatic N) is 1. The molecule has 0 radical (unpaired) electrons. The van der Waals surface area contributed by atoms with Gasteiger partial charge in [-0.1, -0.05) is 0 Å². The molecule has 0 fully saturated rings. The van der Waals surface area contributed by atoms with E-state index in [-0.39, 0.29) is 0 Å². The third-order valence-corrected chi connectivity index (χ3v) is 2.19. The summed E-state index contributed by atoms with van der Waals surface area (Å²) in [5.74, 6) is -35.1. The first-order valence-corrected chi connectivity index (χ1v) is 4.52. The Labute approximate surface area is 107 Å². The van der Waals surface area contributed by atoms with Gasteiger partial charge < -0.3 is 0 Å². The van der Waals surface area contributed by atoms with Crippen LogP contribution in [0.3, 0.4) is 0 Å². The van der Waals surface area contributed by atoms with Gasteiger partial charge in [0.25, 0.3) is 0 Å². The molecule has 0 bridgehead atoms. The number of halogens is 13. The fraction of sp³-hybridized carbons (Fsp3) is 1.00. The number of rotatable bonds is 7. The fourth-order valence-corrected chi connectivity index (χ4v) is 0.990. The highest BCUT2D eigenvalue weighted by Crippen LogP contribution is 2.57. The highest BCUT2D eigenvalue weighted by Gasteiger charge is 2.86. The van der Waals surface area contributed by atoms with Crippen LogP contribution in [-0.2, 0) is 0 Å². The summed E-state index contributed by atoms with van der Waals surface area (Å²) in [4.78, 5) is 0. The van der Waals surface area contributed by atoms with Crippen molar-refractivity contribution in [1.29, 1.82) is 0 Å². The molecule has 21 heavy (non-hydrogen) atoms. The van der Waals surface area contributed by atoms with Crippen LogP contribution in [0.2, 0.25) is 0 Å². The average Bonchev–Trinajstić information content (AvgIpc) is 2.26. The average molecular weight is 349 g/mol. The lowest BCUT2D eigenvalue weighted by Crippen LogP contribution is -2.68. The van der Waals surface area contributed by atoms with Crippen molar-refractivity contribution in [3.63, 3.8) is 0 Å². The lowest BCUT2D eigenvalue weighted by Gasteiger charge is -2.38. The van der Waals surface area contributed by atoms with E-state index in [9.17, 15) is 57.3 Å². The van der Waals surface area contributed by atoms with Crippen molar-refractivity contribution in [1.82, 2.24) is 5.34 Å². The molecule has 0 aliphatic carbocycles. The van der Waals surface area contributed by atoms with Crippen LogP contribution < -0.4 is 0 Å². The molecule has 0 unspecified atom stereocenters. The topological polar surface area (TPSA) is 3.24 Å². The van der Waals surface area contributed by atoms with Crippen molar-refractivity contribution >= 4 is 0 Å². The molecule has 0 atom stereocenters. The first kappa shape index (κ1) is 20.1. The lowest BCUT2D eigenvalue weighted by molar-refractivity contribution is -0.408. The van der Waals surface area contributed by atoms with Crippen molar-refractivity contribution in [2.24, 2.45) is 0 Å². The van der Waals surface area contributed by atoms with E-state index in [1.54, 1.807) is 0 Å². The molecule has 0 aliphatic rings. The lowest BCUT2D eigenvalue weighted by atomic mass is 9.95. The van der Waals surface area contributed by atoms with Crippen LogP contribution in [0.25, 0.3) is 0 Å². The van der Waals surface area contributed by atoms with Gasteiger partial charge in [-0.05, 0) is 0 Å². The van der Waals surface area contributed by atoms with Gasteiger partial charge in [0, 0.05) is 5.34 Å². The van der Waals surface area contributed by atoms with Gasteiger partial charge in [0.1, 0.15) is 6.54 Å². The Kier molecular flexibility index (Phi) is 5.11. The molecular weight excluding hydrogens is 345 g/mol. The minimum atomic E-state index is -7.52. The van der Waals surface area contributed by atoms with Gasteiger partial charge in [-0.3, -0.25) is 0 Å². The van der Waals surface area contributed by atoms with Crippen LogP contribution in [0.5, 0.6) is 0 Å². The summed E-state index contributed by atoms with van der Waals surface area (Å²) in [6.07, 6.45) is 0. The number of hydrogen-bond acceptors (Lipinski definition) is 1. The molecular formula is C7H4F13N. The summed E-state index contributed by atoms with van der Waals surface area (Å²) >= 11 is 0. The molecule has 0 spiro atoms. The summed E-state index contributed by atoms with van der Waals surface area (Å²) in [5, 5.41) is -2.74. The molecule has 0 heterocycles. The summed E-state index contributed by atoms with van der Waals surface area (Å²) in [6.45, 7) is -7.03. The molecule has 0 amide bonds. The summed E-state index contributed by atoms with van der Waals surface area (Å²) in [5.41, 5.74) is 0. The van der Waals surface area contributed by atoms with Gasteiger partial charge >= 0.3 is 29.6 Å². The van der Waals surface area contributed by atoms with Crippen LogP contribution in [-0.4, -0.2) is 48.2 Å². The maximum Gasteiger partial charge on any atom is 0.384 e. The standard InChI is InChI=1S/C7H4F13N/c8-1-3(9,10)5(13,14)7(17,18)6(15,16)4(11,12)2-21(19)20/h1-2H2. The number of alkyl halides is 11. The molecule has 128 valence electrons. The zero-order valence-electron chi connectivity index (χ0n) is 9.27. The van der Waals surface area contributed by atoms with Crippen molar-refractivity contribution in [3.8, 4) is 0 Å². The van der Waals surface area contributed by atoms with Crippen molar-refractivity contribution in [2.45, 2.75) is 29.6 Å². The monoisotopic (exact) mass is 349 g/mol. The van der Waals surface area contributed by atoms with Gasteiger partial charge in [0.15, 0.2) is 6.67 Å². The van der Waals surface area contributed by atoms with Gasteiger partial charge in [-0.15, -0.1) is 8.96 Å². The van der Waals surface area contributed by atoms with Crippen LogP contribution in [0.15, 0.2) is 0 Å². The summed E-state index contributed by atoms with van der Waals surface area (Å²) in [6, 6.07) is 0. The van der Waals surface area contributed by atoms with Crippen LogP contribution in [0, 0.1) is 0 Å². The quantitative estimate of drug-likeness (QED) is 0.492. The maximum atomic E-state index is 12.7. The molecule has 0 aromatic rings. The molecule has 0 aromatic carbocycles. The predicted octanol–water partition coefficient (Wildman–Crippen LogP) is 4.20. The summed E-state index contributed by atoms with van der Waals surface area (Å²) < 4.78 is 160. The molecule has 1 nitrogen and oxygen atoms in total. The van der Waals surface area contributed by atoms with E-state index in [0.717, 1.165) is 0 Å². The Hall–Kier alpha value is -0.950. The highest BCUT2D eigenvalue weighted by molar-refractivity contribution is 5.08. The Morgan fingerprint density at radius 3 is 1.19 bits per heavy atom. The first-order valence-electron chi connectivity index (χ1n) is 4.52. The Morgan fingerprint density at radius 2 is 0.905 bits per heavy atom. The number of hydrogen-bond donors (Lipinski definition) is 0. The fourth-order valence-electron chi connectivity index (χ4n) is 0.990. The van der Waals surface area contributed by atoms with Crippen LogP contribution in [0.1, 0.15) is 0 Å². The Bertz CT molecular complexity index is 362. The molecule has 0 rings (SSSR count). The van der Waals surface area contributed by atoms with E-state index in [2.05, 4.69) is 0 Å². The van der Waals surface area contributed by atoms with Crippen molar-refractivity contribution in [3.05, 3.63) is 0 Å². The third-order valence-electron chi connectivity index (χ3n) is 2.19. The zero-order valence-corrected chi connectivity index (χ0v) is 9.27. The van der Waals surface area contributed by atoms with E-state index >= 15 is 0 Å². The Balaban J connectivity index is 5.88. The van der Waals surface area contributed by atoms with Gasteiger partial charge in [-0.2, -0.15) is 43.9 Å². The highest BCUT2D eigenvalue weighted by atomic mass is 19.4. The molecule has 0 aliphatic heterocycles. The summed E-state index contributed by atoms with van der Waals surface area (Å²) in [7, 11) is 0. The second kappa shape index (κ2) is 5.35. The first-order chi connectivity index (χ1) is 8.98. The second-order valence-electron chi connectivity index (χ2n) is 3.73. The van der Waals surface area contributed by atoms with E-state index in [1.165, 1.54) is 0 Å². The van der Waals surface area contributed by atoms with Crippen molar-refractivity contribution in [2.75, 3.05) is 13.2 Å². The largest absolute Gasteiger partial charge is 0.384 e. The smallest absolute Gasteiger partial charge is 0.244 e. The van der Waals surface area contributed by atoms with Gasteiger partial charge in [-0.25, -0.2) is 4.39 Å². The van der Waals surface area contributed by atoms with Crippen LogP contribution >= 0.6 is 0 Å². The third kappa shape index (κ3) is 2.99. The van der Waals surface area contributed by atoms with Crippen LogP contribution in [0.4, 0.5) is 57.3 Å². The minimum absolute atomic E-state index is 2.74. The van der Waals surface area contributed by atoms with E-state index < -0.39 is 48.2 Å². The zero-order chi connectivity index (χ0) is 17.5. The normalized spacial score (nSPS) is 15.7. The predicted molar refractivity (Wildman–Crippen MR) is 39.6 cm³/mol. The molecule has 0 saturated heterocycles. The minimum Gasteiger partial charge on any atom is -0.244 e.